The number of para-hydroxylation sites is 1. The number of carbonyl (C=O) groups excluding carboxylic acids is 2. The molecule has 0 spiro atoms. The van der Waals surface area contributed by atoms with Crippen LogP contribution in [0.15, 0.2) is 24.4 Å². The van der Waals surface area contributed by atoms with Crippen LogP contribution in [0.5, 0.6) is 0 Å². The maximum absolute atomic E-state index is 14.6. The van der Waals surface area contributed by atoms with Crippen molar-refractivity contribution in [3.63, 3.8) is 0 Å². The number of hydrogen-bond acceptors (Lipinski definition) is 8. The van der Waals surface area contributed by atoms with E-state index in [1.807, 2.05) is 4.57 Å². The lowest BCUT2D eigenvalue weighted by Gasteiger charge is -2.32. The van der Waals surface area contributed by atoms with E-state index in [9.17, 15) is 14.0 Å². The number of halogens is 2. The molecule has 3 heterocycles. The molecule has 1 atom stereocenters. The predicted molar refractivity (Wildman–Crippen MR) is 141 cm³/mol. The third-order valence-corrected chi connectivity index (χ3v) is 7.60. The van der Waals surface area contributed by atoms with E-state index >= 15 is 0 Å². The number of imidazole rings is 1. The fourth-order valence-corrected chi connectivity index (χ4v) is 5.52. The summed E-state index contributed by atoms with van der Waals surface area (Å²) >= 11 is 6.28. The van der Waals surface area contributed by atoms with Crippen molar-refractivity contribution in [2.75, 3.05) is 30.8 Å². The van der Waals surface area contributed by atoms with Gasteiger partial charge in [0.25, 0.3) is 0 Å². The third kappa shape index (κ3) is 5.31. The van der Waals surface area contributed by atoms with E-state index in [2.05, 4.69) is 20.6 Å². The number of hydrogen-bond donors (Lipinski definition) is 3. The van der Waals surface area contributed by atoms with Crippen molar-refractivity contribution in [1.29, 1.82) is 0 Å². The first kappa shape index (κ1) is 26.0. The molecule has 0 radical (unpaired) electrons. The molecular formula is C25H30ClFN8O3. The summed E-state index contributed by atoms with van der Waals surface area (Å²) in [6, 6.07) is 4.37. The Labute approximate surface area is 223 Å². The van der Waals surface area contributed by atoms with Crippen LogP contribution < -0.4 is 16.4 Å². The summed E-state index contributed by atoms with van der Waals surface area (Å²) in [5, 5.41) is 6.62. The smallest absolute Gasteiger partial charge is 0.409 e. The van der Waals surface area contributed by atoms with Crippen molar-refractivity contribution < 1.29 is 18.7 Å². The zero-order chi connectivity index (χ0) is 26.8. The summed E-state index contributed by atoms with van der Waals surface area (Å²) in [4.78, 5) is 39.3. The molecule has 2 fully saturated rings. The van der Waals surface area contributed by atoms with Crippen LogP contribution in [0, 0.1) is 11.7 Å². The number of nitrogens with one attached hydrogen (secondary N) is 2. The number of benzene rings is 1. The molecule has 2 aromatic heterocycles. The van der Waals surface area contributed by atoms with Gasteiger partial charge in [0.1, 0.15) is 11.3 Å². The van der Waals surface area contributed by atoms with Gasteiger partial charge in [0.15, 0.2) is 5.65 Å². The number of primary amides is 1. The number of nitrogens with zero attached hydrogens (tertiary/aromatic N) is 5. The standard InChI is InChI=1S/C25H30ClFN8O3/c1-38-25(37)34-11-3-4-15(13-34)30-23-29-12-19-22(33-23)35(16-9-7-14(8-10-16)21(28)36)24(31-19)32-20-17(26)5-2-6-18(20)27/h2,5-6,12,14-16H,3-4,7-11,13H2,1H3,(H2,28,36)(H,31,32)(H,29,30,33)/t14-,15-,16-/m1/s1. The molecule has 4 N–H and O–H groups in total. The summed E-state index contributed by atoms with van der Waals surface area (Å²) in [7, 11) is 1.37. The maximum Gasteiger partial charge on any atom is 0.409 e. The molecule has 38 heavy (non-hydrogen) atoms. The third-order valence-electron chi connectivity index (χ3n) is 7.28. The van der Waals surface area contributed by atoms with Gasteiger partial charge in [-0.05, 0) is 50.7 Å². The van der Waals surface area contributed by atoms with Gasteiger partial charge in [0.2, 0.25) is 17.8 Å². The van der Waals surface area contributed by atoms with E-state index < -0.39 is 5.82 Å². The minimum absolute atomic E-state index is 0.0440. The molecule has 202 valence electrons. The Balaban J connectivity index is 1.47. The molecule has 3 aromatic rings. The molecule has 1 aromatic carbocycles. The zero-order valence-corrected chi connectivity index (χ0v) is 21.7. The van der Waals surface area contributed by atoms with Gasteiger partial charge in [-0.3, -0.25) is 9.36 Å². The van der Waals surface area contributed by atoms with Crippen LogP contribution in [0.4, 0.5) is 26.8 Å². The number of methoxy groups -OCH3 is 1. The first-order chi connectivity index (χ1) is 18.3. The number of anilines is 3. The number of nitrogens with two attached hydrogens (primary N) is 1. The maximum atomic E-state index is 14.6. The van der Waals surface area contributed by atoms with Gasteiger partial charge in [-0.25, -0.2) is 19.2 Å². The van der Waals surface area contributed by atoms with Crippen molar-refractivity contribution in [2.24, 2.45) is 11.7 Å². The normalized spacial score (nSPS) is 21.8. The molecule has 13 heteroatoms. The summed E-state index contributed by atoms with van der Waals surface area (Å²) < 4.78 is 21.4. The molecule has 0 bridgehead atoms. The van der Waals surface area contributed by atoms with Gasteiger partial charge in [0.05, 0.1) is 24.0 Å². The highest BCUT2D eigenvalue weighted by atomic mass is 35.5. The Morgan fingerprint density at radius 3 is 2.68 bits per heavy atom. The molecule has 1 saturated heterocycles. The molecule has 1 aliphatic carbocycles. The highest BCUT2D eigenvalue weighted by Crippen LogP contribution is 2.38. The molecule has 1 aliphatic heterocycles. The van der Waals surface area contributed by atoms with Gasteiger partial charge in [-0.15, -0.1) is 0 Å². The Morgan fingerprint density at radius 2 is 1.97 bits per heavy atom. The first-order valence-corrected chi connectivity index (χ1v) is 13.1. The quantitative estimate of drug-likeness (QED) is 0.419. The van der Waals surface area contributed by atoms with E-state index in [0.717, 1.165) is 12.8 Å². The van der Waals surface area contributed by atoms with Crippen LogP contribution in [0.2, 0.25) is 5.02 Å². The fraction of sp³-hybridized carbons (Fsp3) is 0.480. The molecule has 1 saturated carbocycles. The molecule has 2 aliphatic rings. The van der Waals surface area contributed by atoms with Gasteiger partial charge in [-0.2, -0.15) is 4.98 Å². The van der Waals surface area contributed by atoms with Gasteiger partial charge in [0, 0.05) is 31.1 Å². The van der Waals surface area contributed by atoms with Crippen molar-refractivity contribution in [3.05, 3.63) is 35.2 Å². The summed E-state index contributed by atoms with van der Waals surface area (Å²) in [6.07, 6.45) is 5.58. The predicted octanol–water partition coefficient (Wildman–Crippen LogP) is 4.22. The van der Waals surface area contributed by atoms with Gasteiger partial charge in [-0.1, -0.05) is 17.7 Å². The molecule has 11 nitrogen and oxygen atoms in total. The SMILES string of the molecule is COC(=O)N1CCC[C@@H](Nc2ncc3nc(Nc4c(F)cccc4Cl)n([C@H]4CC[C@H](C(N)=O)CC4)c3n2)C1. The summed E-state index contributed by atoms with van der Waals surface area (Å²) in [5.41, 5.74) is 6.76. The lowest BCUT2D eigenvalue weighted by molar-refractivity contribution is -0.122. The van der Waals surface area contributed by atoms with Crippen LogP contribution >= 0.6 is 11.6 Å². The van der Waals surface area contributed by atoms with Crippen molar-refractivity contribution in [1.82, 2.24) is 24.4 Å². The first-order valence-electron chi connectivity index (χ1n) is 12.7. The average molecular weight is 545 g/mol. The van der Waals surface area contributed by atoms with E-state index in [1.165, 1.54) is 19.2 Å². The second-order valence-corrected chi connectivity index (χ2v) is 10.1. The molecule has 0 unspecified atom stereocenters. The Morgan fingerprint density at radius 1 is 1.18 bits per heavy atom. The van der Waals surface area contributed by atoms with Crippen LogP contribution in [0.3, 0.4) is 0 Å². The summed E-state index contributed by atoms with van der Waals surface area (Å²) in [5.74, 6) is -0.186. The number of ether oxygens (including phenoxy) is 1. The second-order valence-electron chi connectivity index (χ2n) is 9.74. The van der Waals surface area contributed by atoms with Gasteiger partial charge >= 0.3 is 6.09 Å². The van der Waals surface area contributed by atoms with Crippen LogP contribution in [-0.2, 0) is 9.53 Å². The lowest BCUT2D eigenvalue weighted by atomic mass is 9.85. The van der Waals surface area contributed by atoms with E-state index in [1.54, 1.807) is 17.2 Å². The number of likely N-dealkylation sites (tertiary alicyclic amines) is 1. The largest absolute Gasteiger partial charge is 0.453 e. The number of amides is 2. The Bertz CT molecular complexity index is 1320. The Hall–Kier alpha value is -3.67. The topological polar surface area (TPSA) is 140 Å². The van der Waals surface area contributed by atoms with Crippen molar-refractivity contribution >= 4 is 52.3 Å². The van der Waals surface area contributed by atoms with E-state index in [-0.39, 0.29) is 40.7 Å². The number of carbonyl (C=O) groups is 2. The van der Waals surface area contributed by atoms with Crippen LogP contribution in [0.25, 0.3) is 11.2 Å². The summed E-state index contributed by atoms with van der Waals surface area (Å²) in [6.45, 7) is 1.11. The zero-order valence-electron chi connectivity index (χ0n) is 21.0. The van der Waals surface area contributed by atoms with Crippen molar-refractivity contribution in [2.45, 2.75) is 50.6 Å². The fourth-order valence-electron chi connectivity index (χ4n) is 5.31. The highest BCUT2D eigenvalue weighted by Gasteiger charge is 2.30. The molecular weight excluding hydrogens is 515 g/mol. The molecule has 2 amide bonds. The van der Waals surface area contributed by atoms with E-state index in [4.69, 9.17) is 27.1 Å². The average Bonchev–Trinajstić information content (AvgIpc) is 3.27. The minimum Gasteiger partial charge on any atom is -0.453 e. The Kier molecular flexibility index (Phi) is 7.50. The molecule has 5 rings (SSSR count). The van der Waals surface area contributed by atoms with E-state index in [0.29, 0.717) is 61.8 Å². The second kappa shape index (κ2) is 11.0. The minimum atomic E-state index is -0.505. The lowest BCUT2D eigenvalue weighted by Crippen LogP contribution is -2.45. The number of aromatic nitrogens is 4. The van der Waals surface area contributed by atoms with Crippen LogP contribution in [0.1, 0.15) is 44.6 Å². The number of piperidine rings is 1. The number of rotatable bonds is 6. The highest BCUT2D eigenvalue weighted by molar-refractivity contribution is 6.33. The van der Waals surface area contributed by atoms with Crippen molar-refractivity contribution in [3.8, 4) is 0 Å². The van der Waals surface area contributed by atoms with Crippen LogP contribution in [-0.4, -0.2) is 62.7 Å². The number of fused-ring (bicyclic) bond motifs is 1. The van der Waals surface area contributed by atoms with Gasteiger partial charge < -0.3 is 26.0 Å². The monoisotopic (exact) mass is 544 g/mol.